The Kier molecular flexibility index (Phi) is 12.0. The zero-order chi connectivity index (χ0) is 25.7. The van der Waals surface area contributed by atoms with Crippen molar-refractivity contribution in [3.63, 3.8) is 0 Å². The van der Waals surface area contributed by atoms with Gasteiger partial charge in [0.15, 0.2) is 5.96 Å². The molecule has 1 aromatic carbocycles. The second kappa shape index (κ2) is 14.4. The third kappa shape index (κ3) is 10.7. The Morgan fingerprint density at radius 1 is 1.03 bits per heavy atom. The molecule has 34 heavy (non-hydrogen) atoms. The van der Waals surface area contributed by atoms with Gasteiger partial charge in [0.05, 0.1) is 12.1 Å². The summed E-state index contributed by atoms with van der Waals surface area (Å²) in [7, 11) is 0. The van der Waals surface area contributed by atoms with Gasteiger partial charge in [-0.25, -0.2) is 0 Å². The molecule has 0 radical (unpaired) electrons. The van der Waals surface area contributed by atoms with Crippen molar-refractivity contribution in [1.29, 1.82) is 0 Å². The van der Waals surface area contributed by atoms with Crippen LogP contribution in [0.25, 0.3) is 0 Å². The van der Waals surface area contributed by atoms with Gasteiger partial charge in [0.2, 0.25) is 17.7 Å². The molecule has 0 bridgehead atoms. The average molecular weight is 480 g/mol. The van der Waals surface area contributed by atoms with Crippen LogP contribution in [0, 0.1) is 0 Å². The van der Waals surface area contributed by atoms with Crippen molar-refractivity contribution in [2.75, 3.05) is 13.1 Å². The Labute approximate surface area is 197 Å². The van der Waals surface area contributed by atoms with Crippen molar-refractivity contribution in [3.8, 4) is 0 Å². The molecule has 0 fully saturated rings. The first-order valence-corrected chi connectivity index (χ1v) is 10.6. The summed E-state index contributed by atoms with van der Waals surface area (Å²) in [5.41, 5.74) is 17.2. The van der Waals surface area contributed by atoms with Crippen LogP contribution < -0.4 is 33.2 Å². The highest BCUT2D eigenvalue weighted by molar-refractivity contribution is 5.94. The molecule has 1 aromatic rings. The maximum Gasteiger partial charge on any atom is 0.322 e. The minimum atomic E-state index is -1.43. The summed E-state index contributed by atoms with van der Waals surface area (Å²) in [5, 5.41) is 25.7. The summed E-state index contributed by atoms with van der Waals surface area (Å²) >= 11 is 0. The Hall–Kier alpha value is -3.71. The summed E-state index contributed by atoms with van der Waals surface area (Å²) in [6.45, 7) is 0.873. The lowest BCUT2D eigenvalue weighted by Gasteiger charge is -2.25. The molecule has 188 valence electrons. The monoisotopic (exact) mass is 479 g/mol. The molecule has 0 saturated heterocycles. The number of aliphatic imine (C=N–C) groups is 1. The first-order chi connectivity index (χ1) is 16.0. The number of aliphatic hydroxyl groups excluding tert-OH is 1. The average Bonchev–Trinajstić information content (AvgIpc) is 2.78. The standard InChI is InChI=1S/C21H33N7O6/c1-12(29)17(20(34)26-11-16(30)31)28-19(33)15(10-13-6-3-2-4-7-13)27-18(32)14(22)8-5-9-25-21(23)24/h2-4,6-7,12,14-15,17,29H,5,8-11,22H2,1H3,(H,26,34)(H,27,32)(H,28,33)(H,30,31)(H4,23,24,25). The van der Waals surface area contributed by atoms with Crippen LogP contribution >= 0.6 is 0 Å². The van der Waals surface area contributed by atoms with Gasteiger partial charge in [0.25, 0.3) is 0 Å². The van der Waals surface area contributed by atoms with E-state index in [9.17, 15) is 24.3 Å². The highest BCUT2D eigenvalue weighted by atomic mass is 16.4. The van der Waals surface area contributed by atoms with Crippen LogP contribution in [0.4, 0.5) is 0 Å². The number of nitrogens with two attached hydrogens (primary N) is 3. The molecular formula is C21H33N7O6. The van der Waals surface area contributed by atoms with Crippen LogP contribution in [0.1, 0.15) is 25.3 Å². The molecule has 0 saturated carbocycles. The lowest BCUT2D eigenvalue weighted by Crippen LogP contribution is -2.59. The molecule has 4 unspecified atom stereocenters. The van der Waals surface area contributed by atoms with Gasteiger partial charge in [-0.15, -0.1) is 0 Å². The molecule has 0 spiro atoms. The lowest BCUT2D eigenvalue weighted by atomic mass is 10.0. The molecular weight excluding hydrogens is 446 g/mol. The summed E-state index contributed by atoms with van der Waals surface area (Å²) < 4.78 is 0. The predicted octanol–water partition coefficient (Wildman–Crippen LogP) is -2.84. The van der Waals surface area contributed by atoms with E-state index in [0.717, 1.165) is 5.56 Å². The molecule has 3 amide bonds. The number of aliphatic carboxylic acids is 1. The highest BCUT2D eigenvalue weighted by Crippen LogP contribution is 2.06. The summed E-state index contributed by atoms with van der Waals surface area (Å²) in [6, 6.07) is 5.34. The Bertz CT molecular complexity index is 858. The molecule has 0 heterocycles. The molecule has 0 aliphatic heterocycles. The SMILES string of the molecule is CC(O)C(NC(=O)C(Cc1ccccc1)NC(=O)C(N)CCCN=C(N)N)C(=O)NCC(=O)O. The topological polar surface area (TPSA) is 235 Å². The number of benzene rings is 1. The van der Waals surface area contributed by atoms with Crippen molar-refractivity contribution in [3.05, 3.63) is 35.9 Å². The van der Waals surface area contributed by atoms with E-state index in [1.165, 1.54) is 6.92 Å². The number of guanidine groups is 1. The van der Waals surface area contributed by atoms with E-state index in [4.69, 9.17) is 22.3 Å². The molecule has 1 rings (SSSR count). The van der Waals surface area contributed by atoms with Gasteiger partial charge in [-0.2, -0.15) is 0 Å². The number of carboxylic acid groups (broad SMARTS) is 1. The van der Waals surface area contributed by atoms with E-state index in [1.54, 1.807) is 30.3 Å². The molecule has 4 atom stereocenters. The van der Waals surface area contributed by atoms with Crippen molar-refractivity contribution in [2.24, 2.45) is 22.2 Å². The second-order valence-corrected chi connectivity index (χ2v) is 7.64. The van der Waals surface area contributed by atoms with E-state index in [1.807, 2.05) is 0 Å². The second-order valence-electron chi connectivity index (χ2n) is 7.64. The number of hydrogen-bond donors (Lipinski definition) is 8. The van der Waals surface area contributed by atoms with Crippen LogP contribution in [0.5, 0.6) is 0 Å². The summed E-state index contributed by atoms with van der Waals surface area (Å²) in [4.78, 5) is 52.4. The Morgan fingerprint density at radius 2 is 1.68 bits per heavy atom. The predicted molar refractivity (Wildman–Crippen MR) is 124 cm³/mol. The van der Waals surface area contributed by atoms with Crippen LogP contribution in [0.3, 0.4) is 0 Å². The van der Waals surface area contributed by atoms with Gasteiger partial charge in [0, 0.05) is 13.0 Å². The first-order valence-electron chi connectivity index (χ1n) is 10.6. The summed E-state index contributed by atoms with van der Waals surface area (Å²) in [6.07, 6.45) is -0.544. The van der Waals surface area contributed by atoms with Crippen molar-refractivity contribution in [1.82, 2.24) is 16.0 Å². The fraction of sp³-hybridized carbons (Fsp3) is 0.476. The van der Waals surface area contributed by atoms with Gasteiger partial charge in [-0.1, -0.05) is 30.3 Å². The minimum Gasteiger partial charge on any atom is -0.480 e. The Balaban J connectivity index is 2.91. The number of rotatable bonds is 14. The smallest absolute Gasteiger partial charge is 0.322 e. The van der Waals surface area contributed by atoms with Gasteiger partial charge in [-0.05, 0) is 25.3 Å². The van der Waals surface area contributed by atoms with Crippen molar-refractivity contribution >= 4 is 29.7 Å². The number of carbonyl (C=O) groups is 4. The van der Waals surface area contributed by atoms with Crippen LogP contribution in [-0.2, 0) is 25.6 Å². The number of aliphatic hydroxyl groups is 1. The molecule has 13 heteroatoms. The van der Waals surface area contributed by atoms with Crippen LogP contribution in [-0.4, -0.2) is 77.2 Å². The molecule has 0 aliphatic carbocycles. The molecule has 0 aromatic heterocycles. The van der Waals surface area contributed by atoms with Crippen LogP contribution in [0.15, 0.2) is 35.3 Å². The van der Waals surface area contributed by atoms with Gasteiger partial charge in [-0.3, -0.25) is 24.2 Å². The number of hydrogen-bond acceptors (Lipinski definition) is 7. The molecule has 0 aliphatic rings. The lowest BCUT2D eigenvalue weighted by molar-refractivity contribution is -0.139. The van der Waals surface area contributed by atoms with E-state index in [-0.39, 0.29) is 18.8 Å². The number of nitrogens with zero attached hydrogens (tertiary/aromatic N) is 1. The fourth-order valence-corrected chi connectivity index (χ4v) is 2.92. The fourth-order valence-electron chi connectivity index (χ4n) is 2.92. The molecule has 13 nitrogen and oxygen atoms in total. The first kappa shape index (κ1) is 28.3. The third-order valence-corrected chi connectivity index (χ3v) is 4.70. The van der Waals surface area contributed by atoms with E-state index in [2.05, 4.69) is 20.9 Å². The maximum atomic E-state index is 13.0. The van der Waals surface area contributed by atoms with Gasteiger partial charge >= 0.3 is 5.97 Å². The largest absolute Gasteiger partial charge is 0.480 e. The quantitative estimate of drug-likeness (QED) is 0.0778. The van der Waals surface area contributed by atoms with Crippen molar-refractivity contribution in [2.45, 2.75) is 50.4 Å². The van der Waals surface area contributed by atoms with Gasteiger partial charge in [0.1, 0.15) is 18.6 Å². The number of amides is 3. The van der Waals surface area contributed by atoms with Crippen molar-refractivity contribution < 1.29 is 29.4 Å². The zero-order valence-corrected chi connectivity index (χ0v) is 18.9. The maximum absolute atomic E-state index is 13.0. The highest BCUT2D eigenvalue weighted by Gasteiger charge is 2.30. The number of nitrogens with one attached hydrogen (secondary N) is 3. The van der Waals surface area contributed by atoms with Gasteiger partial charge < -0.3 is 43.4 Å². The molecule has 11 N–H and O–H groups in total. The third-order valence-electron chi connectivity index (χ3n) is 4.70. The normalized spacial score (nSPS) is 14.1. The number of carbonyl (C=O) groups excluding carboxylic acids is 3. The Morgan fingerprint density at radius 3 is 2.24 bits per heavy atom. The number of carboxylic acids is 1. The summed E-state index contributed by atoms with van der Waals surface area (Å²) in [5.74, 6) is -3.58. The van der Waals surface area contributed by atoms with E-state index in [0.29, 0.717) is 13.0 Å². The van der Waals surface area contributed by atoms with Crippen LogP contribution in [0.2, 0.25) is 0 Å². The van der Waals surface area contributed by atoms with E-state index >= 15 is 0 Å². The van der Waals surface area contributed by atoms with E-state index < -0.39 is 54.5 Å². The zero-order valence-electron chi connectivity index (χ0n) is 18.9. The minimum absolute atomic E-state index is 0.0716.